The number of nitrogens with one attached hydrogen (secondary N) is 2. The van der Waals surface area contributed by atoms with Crippen molar-refractivity contribution in [2.45, 2.75) is 12.1 Å². The molecule has 0 aliphatic carbocycles. The quantitative estimate of drug-likeness (QED) is 0.513. The lowest BCUT2D eigenvalue weighted by Gasteiger charge is -2.14. The summed E-state index contributed by atoms with van der Waals surface area (Å²) in [4.78, 5) is 0. The maximum absolute atomic E-state index is 5.19. The summed E-state index contributed by atoms with van der Waals surface area (Å²) in [6, 6.07) is 0.495. The molecule has 0 aromatic carbocycles. The van der Waals surface area contributed by atoms with E-state index in [2.05, 4.69) is 10.6 Å². The van der Waals surface area contributed by atoms with Crippen LogP contribution >= 0.6 is 0 Å². The van der Waals surface area contributed by atoms with Crippen LogP contribution in [0.5, 0.6) is 0 Å². The molecule has 0 aromatic heterocycles. The molecule has 0 spiro atoms. The Kier molecular flexibility index (Phi) is 2.45. The number of ether oxygens (including phenoxy) is 1. The molecule has 1 saturated heterocycles. The van der Waals surface area contributed by atoms with Crippen molar-refractivity contribution in [3.63, 3.8) is 0 Å². The highest BCUT2D eigenvalue weighted by Gasteiger charge is 2.24. The van der Waals surface area contributed by atoms with E-state index in [0.717, 1.165) is 13.1 Å². The third-order valence-electron chi connectivity index (χ3n) is 1.83. The first kappa shape index (κ1) is 6.99. The van der Waals surface area contributed by atoms with E-state index < -0.39 is 0 Å². The molecule has 0 aromatic rings. The van der Waals surface area contributed by atoms with E-state index in [0.29, 0.717) is 12.1 Å². The third kappa shape index (κ3) is 1.41. The molecule has 9 heavy (non-hydrogen) atoms. The summed E-state index contributed by atoms with van der Waals surface area (Å²) >= 11 is 0. The van der Waals surface area contributed by atoms with Crippen LogP contribution in [0.4, 0.5) is 0 Å². The highest BCUT2D eigenvalue weighted by Crippen LogP contribution is 2.01. The van der Waals surface area contributed by atoms with E-state index in [9.17, 15) is 0 Å². The maximum atomic E-state index is 5.19. The van der Waals surface area contributed by atoms with Crippen molar-refractivity contribution < 1.29 is 4.74 Å². The molecule has 1 fully saturated rings. The number of likely N-dealkylation sites (N-methyl/N-ethyl adjacent to an activating group) is 1. The van der Waals surface area contributed by atoms with Gasteiger partial charge in [0.15, 0.2) is 0 Å². The van der Waals surface area contributed by atoms with Crippen LogP contribution in [0.2, 0.25) is 0 Å². The van der Waals surface area contributed by atoms with Crippen LogP contribution in [0, 0.1) is 0 Å². The molecule has 2 atom stereocenters. The Bertz CT molecular complexity index is 77.1. The Morgan fingerprint density at radius 1 is 1.56 bits per heavy atom. The van der Waals surface area contributed by atoms with Crippen LogP contribution in [-0.4, -0.2) is 39.4 Å². The maximum Gasteiger partial charge on any atom is 0.0860 e. The molecule has 54 valence electrons. The van der Waals surface area contributed by atoms with Crippen LogP contribution in [-0.2, 0) is 4.74 Å². The molecule has 1 aliphatic rings. The predicted molar refractivity (Wildman–Crippen MR) is 36.5 cm³/mol. The van der Waals surface area contributed by atoms with Gasteiger partial charge in [0.25, 0.3) is 0 Å². The van der Waals surface area contributed by atoms with E-state index in [1.165, 1.54) is 0 Å². The minimum atomic E-state index is 0.356. The Morgan fingerprint density at radius 3 is 2.78 bits per heavy atom. The third-order valence-corrected chi connectivity index (χ3v) is 1.83. The van der Waals surface area contributed by atoms with E-state index in [-0.39, 0.29) is 0 Å². The Balaban J connectivity index is 2.32. The lowest BCUT2D eigenvalue weighted by atomic mass is 10.2. The smallest absolute Gasteiger partial charge is 0.0860 e. The van der Waals surface area contributed by atoms with Gasteiger partial charge < -0.3 is 15.4 Å². The first-order valence-electron chi connectivity index (χ1n) is 3.29. The summed E-state index contributed by atoms with van der Waals surface area (Å²) in [5, 5.41) is 6.41. The highest BCUT2D eigenvalue weighted by molar-refractivity contribution is 4.86. The van der Waals surface area contributed by atoms with Crippen molar-refractivity contribution in [3.05, 3.63) is 0 Å². The summed E-state index contributed by atoms with van der Waals surface area (Å²) < 4.78 is 5.19. The number of rotatable bonds is 2. The fourth-order valence-electron chi connectivity index (χ4n) is 1.19. The second-order valence-corrected chi connectivity index (χ2v) is 2.33. The molecule has 3 heteroatoms. The van der Waals surface area contributed by atoms with E-state index >= 15 is 0 Å². The molecule has 0 radical (unpaired) electrons. The molecule has 0 saturated carbocycles. The number of methoxy groups -OCH3 is 1. The van der Waals surface area contributed by atoms with E-state index in [1.807, 2.05) is 7.05 Å². The molecule has 2 N–H and O–H groups in total. The number of hydrogen-bond acceptors (Lipinski definition) is 3. The van der Waals surface area contributed by atoms with Crippen LogP contribution in [0.25, 0.3) is 0 Å². The molecule has 1 heterocycles. The fraction of sp³-hybridized carbons (Fsp3) is 1.00. The standard InChI is InChI=1S/C6H14N2O/c1-7-5-3-8-4-6(5)9-2/h5-8H,3-4H2,1-2H3/t5-,6+/m0/s1. The lowest BCUT2D eigenvalue weighted by Crippen LogP contribution is -2.37. The van der Waals surface area contributed by atoms with Gasteiger partial charge in [0.1, 0.15) is 0 Å². The minimum absolute atomic E-state index is 0.356. The van der Waals surface area contributed by atoms with Crippen molar-refractivity contribution in [2.75, 3.05) is 27.2 Å². The fourth-order valence-corrected chi connectivity index (χ4v) is 1.19. The minimum Gasteiger partial charge on any atom is -0.378 e. The Morgan fingerprint density at radius 2 is 2.33 bits per heavy atom. The molecule has 1 aliphatic heterocycles. The van der Waals surface area contributed by atoms with Gasteiger partial charge in [-0.2, -0.15) is 0 Å². The van der Waals surface area contributed by atoms with Gasteiger partial charge in [0.2, 0.25) is 0 Å². The second kappa shape index (κ2) is 3.15. The van der Waals surface area contributed by atoms with Crippen molar-refractivity contribution in [1.29, 1.82) is 0 Å². The van der Waals surface area contributed by atoms with Crippen molar-refractivity contribution in [1.82, 2.24) is 10.6 Å². The zero-order valence-electron chi connectivity index (χ0n) is 5.98. The molecular weight excluding hydrogens is 116 g/mol. The number of hydrogen-bond donors (Lipinski definition) is 2. The zero-order chi connectivity index (χ0) is 6.69. The summed E-state index contributed by atoms with van der Waals surface area (Å²) in [5.74, 6) is 0. The normalized spacial score (nSPS) is 35.3. The lowest BCUT2D eigenvalue weighted by molar-refractivity contribution is 0.0987. The first-order valence-corrected chi connectivity index (χ1v) is 3.29. The van der Waals surface area contributed by atoms with Gasteiger partial charge in [-0.25, -0.2) is 0 Å². The summed E-state index contributed by atoms with van der Waals surface area (Å²) in [5.41, 5.74) is 0. The van der Waals surface area contributed by atoms with Crippen molar-refractivity contribution in [3.8, 4) is 0 Å². The molecule has 0 bridgehead atoms. The Hall–Kier alpha value is -0.120. The second-order valence-electron chi connectivity index (χ2n) is 2.33. The molecule has 0 unspecified atom stereocenters. The van der Waals surface area contributed by atoms with Crippen LogP contribution in [0.3, 0.4) is 0 Å². The first-order chi connectivity index (χ1) is 4.38. The van der Waals surface area contributed by atoms with Crippen LogP contribution in [0.1, 0.15) is 0 Å². The van der Waals surface area contributed by atoms with Crippen LogP contribution in [0.15, 0.2) is 0 Å². The average Bonchev–Trinajstić information content (AvgIpc) is 2.33. The summed E-state index contributed by atoms with van der Waals surface area (Å²) in [7, 11) is 3.71. The van der Waals surface area contributed by atoms with Crippen LogP contribution < -0.4 is 10.6 Å². The molecule has 3 nitrogen and oxygen atoms in total. The largest absolute Gasteiger partial charge is 0.378 e. The van der Waals surface area contributed by atoms with Gasteiger partial charge in [-0.1, -0.05) is 0 Å². The summed E-state index contributed by atoms with van der Waals surface area (Å²) in [6.45, 7) is 2.00. The predicted octanol–water partition coefficient (Wildman–Crippen LogP) is -0.807. The SMILES string of the molecule is CN[C@H]1CNC[C@H]1OC. The average molecular weight is 130 g/mol. The zero-order valence-corrected chi connectivity index (χ0v) is 5.98. The van der Waals surface area contributed by atoms with Gasteiger partial charge in [-0.15, -0.1) is 0 Å². The monoisotopic (exact) mass is 130 g/mol. The van der Waals surface area contributed by atoms with E-state index in [1.54, 1.807) is 7.11 Å². The van der Waals surface area contributed by atoms with Gasteiger partial charge >= 0.3 is 0 Å². The van der Waals surface area contributed by atoms with Gasteiger partial charge in [0, 0.05) is 26.2 Å². The van der Waals surface area contributed by atoms with Gasteiger partial charge in [0.05, 0.1) is 6.10 Å². The van der Waals surface area contributed by atoms with Crippen molar-refractivity contribution in [2.24, 2.45) is 0 Å². The Labute approximate surface area is 55.8 Å². The van der Waals surface area contributed by atoms with E-state index in [4.69, 9.17) is 4.74 Å². The highest BCUT2D eigenvalue weighted by atomic mass is 16.5. The molecule has 1 rings (SSSR count). The topological polar surface area (TPSA) is 33.3 Å². The molecular formula is C6H14N2O. The van der Waals surface area contributed by atoms with Gasteiger partial charge in [-0.3, -0.25) is 0 Å². The van der Waals surface area contributed by atoms with Gasteiger partial charge in [-0.05, 0) is 7.05 Å². The summed E-state index contributed by atoms with van der Waals surface area (Å²) in [6.07, 6.45) is 0.356. The molecule has 0 amide bonds. The van der Waals surface area contributed by atoms with Crippen molar-refractivity contribution >= 4 is 0 Å².